The van der Waals surface area contributed by atoms with Gasteiger partial charge >= 0.3 is 0 Å². The van der Waals surface area contributed by atoms with Crippen molar-refractivity contribution in [2.24, 2.45) is 0 Å². The highest BCUT2D eigenvalue weighted by molar-refractivity contribution is 7.26. The standard InChI is InChI=1S/C40H22N4S/c1-2-12-23(13-3-1)36-39-37(27-17-7-11-21-33(27)45-39)42-40(41-36)44-31-20-10-5-15-25(31)34-32(44)22-28-24-14-4-8-18-29(24)43-30-19-9-6-16-26(30)35(34)38(28)43/h1-22H. The second kappa shape index (κ2) is 8.44. The Balaban J connectivity index is 1.38. The maximum absolute atomic E-state index is 5.41. The number of hydrogen-bond acceptors (Lipinski definition) is 3. The van der Waals surface area contributed by atoms with E-state index in [-0.39, 0.29) is 0 Å². The first-order valence-corrected chi connectivity index (χ1v) is 16.0. The van der Waals surface area contributed by atoms with Crippen LogP contribution in [0.3, 0.4) is 0 Å². The smallest absolute Gasteiger partial charge is 0.235 e. The van der Waals surface area contributed by atoms with E-state index < -0.39 is 0 Å². The minimum atomic E-state index is 0.692. The molecule has 0 aliphatic carbocycles. The Kier molecular flexibility index (Phi) is 4.43. The highest BCUT2D eigenvalue weighted by Crippen LogP contribution is 2.47. The van der Waals surface area contributed by atoms with Crippen molar-refractivity contribution >= 4 is 91.5 Å². The summed E-state index contributed by atoms with van der Waals surface area (Å²) in [6.45, 7) is 0. The molecule has 5 heterocycles. The van der Waals surface area contributed by atoms with Gasteiger partial charge in [-0.25, -0.2) is 9.97 Å². The van der Waals surface area contributed by atoms with E-state index in [1.165, 1.54) is 53.6 Å². The summed E-state index contributed by atoms with van der Waals surface area (Å²) in [5.41, 5.74) is 9.03. The van der Waals surface area contributed by atoms with Crippen LogP contribution < -0.4 is 0 Å². The molecule has 5 aromatic heterocycles. The summed E-state index contributed by atoms with van der Waals surface area (Å²) in [5.74, 6) is 0.692. The van der Waals surface area contributed by atoms with Gasteiger partial charge in [-0.1, -0.05) is 103 Å². The van der Waals surface area contributed by atoms with Crippen molar-refractivity contribution in [2.75, 3.05) is 0 Å². The Labute approximate surface area is 260 Å². The first-order chi connectivity index (χ1) is 22.3. The van der Waals surface area contributed by atoms with Crippen molar-refractivity contribution in [1.29, 1.82) is 0 Å². The number of rotatable bonds is 2. The maximum atomic E-state index is 5.41. The predicted molar refractivity (Wildman–Crippen MR) is 189 cm³/mol. The largest absolute Gasteiger partial charge is 0.308 e. The van der Waals surface area contributed by atoms with Crippen LogP contribution in [0.4, 0.5) is 0 Å². The molecule has 6 aromatic carbocycles. The Morgan fingerprint density at radius 2 is 1.11 bits per heavy atom. The van der Waals surface area contributed by atoms with Gasteiger partial charge in [-0.3, -0.25) is 4.57 Å². The van der Waals surface area contributed by atoms with E-state index in [0.717, 1.165) is 37.9 Å². The molecular formula is C40H22N4S. The minimum Gasteiger partial charge on any atom is -0.308 e. The molecule has 0 bridgehead atoms. The van der Waals surface area contributed by atoms with E-state index in [1.54, 1.807) is 11.3 Å². The first-order valence-electron chi connectivity index (χ1n) is 15.2. The van der Waals surface area contributed by atoms with E-state index in [9.17, 15) is 0 Å². The number of benzene rings is 6. The lowest BCUT2D eigenvalue weighted by Gasteiger charge is -2.10. The Hall–Kier alpha value is -5.78. The number of fused-ring (bicyclic) bond motifs is 13. The third-order valence-electron chi connectivity index (χ3n) is 9.46. The Morgan fingerprint density at radius 3 is 1.91 bits per heavy atom. The zero-order valence-electron chi connectivity index (χ0n) is 23.9. The molecule has 0 unspecified atom stereocenters. The van der Waals surface area contributed by atoms with Gasteiger partial charge in [0, 0.05) is 48.0 Å². The highest BCUT2D eigenvalue weighted by Gasteiger charge is 2.25. The average molecular weight is 591 g/mol. The molecule has 0 spiro atoms. The molecule has 0 atom stereocenters. The van der Waals surface area contributed by atoms with E-state index >= 15 is 0 Å². The van der Waals surface area contributed by atoms with Crippen molar-refractivity contribution in [3.8, 4) is 17.2 Å². The summed E-state index contributed by atoms with van der Waals surface area (Å²) in [5, 5.41) is 8.67. The van der Waals surface area contributed by atoms with Crippen molar-refractivity contribution in [1.82, 2.24) is 18.9 Å². The number of thiophene rings is 1. The van der Waals surface area contributed by atoms with E-state index in [4.69, 9.17) is 9.97 Å². The predicted octanol–water partition coefficient (Wildman–Crippen LogP) is 10.8. The molecule has 0 saturated carbocycles. The molecule has 0 amide bonds. The van der Waals surface area contributed by atoms with Gasteiger partial charge in [0.05, 0.1) is 43.5 Å². The van der Waals surface area contributed by atoms with E-state index in [2.05, 4.69) is 142 Å². The lowest BCUT2D eigenvalue weighted by atomic mass is 10.0. The molecule has 0 aliphatic heterocycles. The molecule has 0 N–H and O–H groups in total. The number of para-hydroxylation sites is 3. The fraction of sp³-hybridized carbons (Fsp3) is 0. The summed E-state index contributed by atoms with van der Waals surface area (Å²) in [4.78, 5) is 10.8. The molecular weight excluding hydrogens is 569 g/mol. The lowest BCUT2D eigenvalue weighted by molar-refractivity contribution is 1.02. The van der Waals surface area contributed by atoms with Crippen molar-refractivity contribution < 1.29 is 0 Å². The van der Waals surface area contributed by atoms with Gasteiger partial charge in [0.1, 0.15) is 0 Å². The molecule has 11 rings (SSSR count). The SMILES string of the molecule is c1ccc(-c2nc(-n3c4ccccc4c4c5c6ccccc6n6c7ccccc7c(cc43)c56)nc3c2sc2ccccc23)cc1. The van der Waals surface area contributed by atoms with Crippen LogP contribution in [-0.2, 0) is 0 Å². The van der Waals surface area contributed by atoms with Gasteiger partial charge in [0.15, 0.2) is 0 Å². The van der Waals surface area contributed by atoms with Crippen LogP contribution in [0.2, 0.25) is 0 Å². The zero-order valence-corrected chi connectivity index (χ0v) is 24.7. The van der Waals surface area contributed by atoms with Crippen LogP contribution in [0.15, 0.2) is 133 Å². The average Bonchev–Trinajstić information content (AvgIpc) is 3.83. The lowest BCUT2D eigenvalue weighted by Crippen LogP contribution is -2.02. The molecule has 11 aromatic rings. The first kappa shape index (κ1) is 23.6. The van der Waals surface area contributed by atoms with Crippen LogP contribution >= 0.6 is 11.3 Å². The Morgan fingerprint density at radius 1 is 0.489 bits per heavy atom. The molecule has 0 radical (unpaired) electrons. The van der Waals surface area contributed by atoms with Crippen LogP contribution in [0.1, 0.15) is 0 Å². The van der Waals surface area contributed by atoms with Gasteiger partial charge in [-0.15, -0.1) is 11.3 Å². The number of nitrogens with zero attached hydrogens (tertiary/aromatic N) is 4. The normalized spacial score (nSPS) is 12.4. The topological polar surface area (TPSA) is 35.1 Å². The summed E-state index contributed by atoms with van der Waals surface area (Å²) in [7, 11) is 0. The summed E-state index contributed by atoms with van der Waals surface area (Å²) < 4.78 is 7.09. The van der Waals surface area contributed by atoms with Gasteiger partial charge in [0.25, 0.3) is 0 Å². The van der Waals surface area contributed by atoms with Crippen LogP contribution in [0, 0.1) is 0 Å². The Bertz CT molecular complexity index is 2980. The molecule has 5 heteroatoms. The molecule has 4 nitrogen and oxygen atoms in total. The van der Waals surface area contributed by atoms with E-state index in [0.29, 0.717) is 5.95 Å². The molecule has 45 heavy (non-hydrogen) atoms. The number of aromatic nitrogens is 4. The second-order valence-electron chi connectivity index (χ2n) is 11.8. The van der Waals surface area contributed by atoms with Gasteiger partial charge < -0.3 is 4.40 Å². The molecule has 208 valence electrons. The van der Waals surface area contributed by atoms with Crippen LogP contribution in [0.25, 0.3) is 97.4 Å². The van der Waals surface area contributed by atoms with Crippen LogP contribution in [-0.4, -0.2) is 18.9 Å². The van der Waals surface area contributed by atoms with Crippen LogP contribution in [0.5, 0.6) is 0 Å². The van der Waals surface area contributed by atoms with Crippen molar-refractivity contribution in [3.63, 3.8) is 0 Å². The summed E-state index contributed by atoms with van der Waals surface area (Å²) in [6, 6.07) is 47.8. The highest BCUT2D eigenvalue weighted by atomic mass is 32.1. The van der Waals surface area contributed by atoms with E-state index in [1.807, 2.05) is 0 Å². The van der Waals surface area contributed by atoms with Gasteiger partial charge in [0.2, 0.25) is 5.95 Å². The molecule has 0 saturated heterocycles. The fourth-order valence-electron chi connectivity index (χ4n) is 7.65. The zero-order chi connectivity index (χ0) is 29.2. The number of hydrogen-bond donors (Lipinski definition) is 0. The van der Waals surface area contributed by atoms with Crippen molar-refractivity contribution in [2.45, 2.75) is 0 Å². The monoisotopic (exact) mass is 590 g/mol. The molecule has 0 aliphatic rings. The summed E-state index contributed by atoms with van der Waals surface area (Å²) in [6.07, 6.45) is 0. The third-order valence-corrected chi connectivity index (χ3v) is 10.6. The quantitative estimate of drug-likeness (QED) is 0.201. The van der Waals surface area contributed by atoms with Crippen molar-refractivity contribution in [3.05, 3.63) is 133 Å². The maximum Gasteiger partial charge on any atom is 0.235 e. The second-order valence-corrected chi connectivity index (χ2v) is 12.8. The summed E-state index contributed by atoms with van der Waals surface area (Å²) >= 11 is 1.77. The van der Waals surface area contributed by atoms with Gasteiger partial charge in [-0.2, -0.15) is 0 Å². The molecule has 0 fully saturated rings. The fourth-order valence-corrected chi connectivity index (χ4v) is 8.80. The van der Waals surface area contributed by atoms with Gasteiger partial charge in [-0.05, 0) is 30.3 Å². The third kappa shape index (κ3) is 2.96. The minimum absolute atomic E-state index is 0.692.